The number of likely N-dealkylation sites (tertiary alicyclic amines) is 1. The number of halogens is 1. The van der Waals surface area contributed by atoms with Crippen molar-refractivity contribution in [1.82, 2.24) is 14.9 Å². The Morgan fingerprint density at radius 2 is 2.20 bits per heavy atom. The lowest BCUT2D eigenvalue weighted by Gasteiger charge is -2.24. The largest absolute Gasteiger partial charge is 0.489 e. The molecule has 0 bridgehead atoms. The van der Waals surface area contributed by atoms with Crippen molar-refractivity contribution in [1.29, 1.82) is 0 Å². The molecule has 8 heteroatoms. The first-order chi connectivity index (χ1) is 12.2. The van der Waals surface area contributed by atoms with Crippen molar-refractivity contribution < 1.29 is 9.53 Å². The lowest BCUT2D eigenvalue weighted by molar-refractivity contribution is 0.0787. The van der Waals surface area contributed by atoms with E-state index >= 15 is 0 Å². The molecule has 4 rings (SSSR count). The summed E-state index contributed by atoms with van der Waals surface area (Å²) < 4.78 is 5.71. The number of hydrogen-bond acceptors (Lipinski definition) is 6. The van der Waals surface area contributed by atoms with E-state index in [1.165, 1.54) is 0 Å². The highest BCUT2D eigenvalue weighted by Crippen LogP contribution is 2.32. The molecule has 1 atom stereocenters. The number of nitrogens with one attached hydrogen (secondary N) is 2. The molecule has 0 saturated carbocycles. The second-order valence-electron chi connectivity index (χ2n) is 6.06. The van der Waals surface area contributed by atoms with E-state index in [0.29, 0.717) is 42.0 Å². The molecule has 1 unspecified atom stereocenters. The van der Waals surface area contributed by atoms with Crippen molar-refractivity contribution in [2.75, 3.05) is 36.9 Å². The Bertz CT molecular complexity index is 783. The van der Waals surface area contributed by atoms with Gasteiger partial charge in [-0.1, -0.05) is 17.7 Å². The summed E-state index contributed by atoms with van der Waals surface area (Å²) in [5.41, 5.74) is 1.48. The van der Waals surface area contributed by atoms with Crippen molar-refractivity contribution >= 4 is 29.1 Å². The molecule has 0 aliphatic carbocycles. The first kappa shape index (κ1) is 16.0. The third kappa shape index (κ3) is 3.32. The molecule has 25 heavy (non-hydrogen) atoms. The van der Waals surface area contributed by atoms with Crippen molar-refractivity contribution in [3.8, 4) is 5.75 Å². The third-order valence-electron chi connectivity index (χ3n) is 4.34. The average molecular weight is 360 g/mol. The number of anilines is 2. The van der Waals surface area contributed by atoms with Crippen LogP contribution in [0.25, 0.3) is 0 Å². The topological polar surface area (TPSA) is 79.4 Å². The van der Waals surface area contributed by atoms with E-state index in [4.69, 9.17) is 16.3 Å². The summed E-state index contributed by atoms with van der Waals surface area (Å²) in [5.74, 6) is 1.16. The number of para-hydroxylation sites is 1. The Balaban J connectivity index is 1.45. The van der Waals surface area contributed by atoms with Crippen LogP contribution in [0.3, 0.4) is 0 Å². The predicted octanol–water partition coefficient (Wildman–Crippen LogP) is 2.26. The fourth-order valence-electron chi connectivity index (χ4n) is 3.14. The van der Waals surface area contributed by atoms with E-state index in [1.54, 1.807) is 12.4 Å². The first-order valence-corrected chi connectivity index (χ1v) is 8.61. The number of nitrogens with zero attached hydrogens (tertiary/aromatic N) is 3. The van der Waals surface area contributed by atoms with Gasteiger partial charge in [0.15, 0.2) is 5.75 Å². The summed E-state index contributed by atoms with van der Waals surface area (Å²) in [6.45, 7) is 2.60. The van der Waals surface area contributed by atoms with Crippen LogP contribution in [-0.4, -0.2) is 53.1 Å². The molecule has 1 aromatic heterocycles. The van der Waals surface area contributed by atoms with Gasteiger partial charge in [0, 0.05) is 25.7 Å². The number of amides is 1. The highest BCUT2D eigenvalue weighted by molar-refractivity contribution is 6.30. The van der Waals surface area contributed by atoms with Gasteiger partial charge >= 0.3 is 0 Å². The number of ether oxygens (including phenoxy) is 1. The van der Waals surface area contributed by atoms with E-state index in [1.807, 2.05) is 23.1 Å². The van der Waals surface area contributed by atoms with Gasteiger partial charge in [-0.05, 0) is 18.6 Å². The quantitative estimate of drug-likeness (QED) is 0.875. The lowest BCUT2D eigenvalue weighted by Crippen LogP contribution is -2.32. The Hall–Kier alpha value is -2.54. The summed E-state index contributed by atoms with van der Waals surface area (Å²) in [4.78, 5) is 23.0. The van der Waals surface area contributed by atoms with E-state index in [2.05, 4.69) is 20.6 Å². The van der Waals surface area contributed by atoms with Crippen LogP contribution in [0.1, 0.15) is 16.8 Å². The number of hydrogen-bond donors (Lipinski definition) is 2. The maximum absolute atomic E-state index is 12.9. The van der Waals surface area contributed by atoms with Gasteiger partial charge < -0.3 is 20.3 Å². The number of aromatic nitrogens is 2. The molecule has 0 spiro atoms. The number of rotatable bonds is 3. The Morgan fingerprint density at radius 3 is 3.04 bits per heavy atom. The zero-order valence-electron chi connectivity index (χ0n) is 13.5. The molecule has 2 aliphatic rings. The van der Waals surface area contributed by atoms with Crippen LogP contribution in [0.15, 0.2) is 30.6 Å². The summed E-state index contributed by atoms with van der Waals surface area (Å²) in [6.07, 6.45) is 3.94. The SMILES string of the molecule is O=C(c1cccc2c1OCCN2)N1CCC(Nc2ncc(Cl)cn2)C1. The maximum Gasteiger partial charge on any atom is 0.257 e. The van der Waals surface area contributed by atoms with Crippen molar-refractivity contribution in [3.63, 3.8) is 0 Å². The Kier molecular flexibility index (Phi) is 4.31. The lowest BCUT2D eigenvalue weighted by atomic mass is 10.1. The summed E-state index contributed by atoms with van der Waals surface area (Å²) in [6, 6.07) is 5.74. The van der Waals surface area contributed by atoms with E-state index in [0.717, 1.165) is 18.7 Å². The fourth-order valence-corrected chi connectivity index (χ4v) is 3.24. The molecule has 2 aliphatic heterocycles. The number of benzene rings is 1. The summed E-state index contributed by atoms with van der Waals surface area (Å²) in [7, 11) is 0. The Morgan fingerprint density at radius 1 is 1.36 bits per heavy atom. The van der Waals surface area contributed by atoms with Gasteiger partial charge in [-0.15, -0.1) is 0 Å². The molecule has 1 amide bonds. The molecule has 2 aromatic rings. The minimum absolute atomic E-state index is 0.0122. The number of fused-ring (bicyclic) bond motifs is 1. The minimum atomic E-state index is -0.0122. The van der Waals surface area contributed by atoms with Gasteiger partial charge in [0.05, 0.1) is 28.7 Å². The minimum Gasteiger partial charge on any atom is -0.489 e. The molecule has 7 nitrogen and oxygen atoms in total. The molecule has 130 valence electrons. The second kappa shape index (κ2) is 6.76. The molecule has 1 fully saturated rings. The molecule has 1 aromatic carbocycles. The smallest absolute Gasteiger partial charge is 0.257 e. The first-order valence-electron chi connectivity index (χ1n) is 8.24. The van der Waals surface area contributed by atoms with Crippen LogP contribution < -0.4 is 15.4 Å². The number of carbonyl (C=O) groups excluding carboxylic acids is 1. The monoisotopic (exact) mass is 359 g/mol. The third-order valence-corrected chi connectivity index (χ3v) is 4.53. The zero-order chi connectivity index (χ0) is 17.2. The van der Waals surface area contributed by atoms with Gasteiger partial charge in [-0.2, -0.15) is 0 Å². The van der Waals surface area contributed by atoms with Crippen LogP contribution in [0, 0.1) is 0 Å². The molecule has 2 N–H and O–H groups in total. The van der Waals surface area contributed by atoms with Crippen LogP contribution in [0.4, 0.5) is 11.6 Å². The molecular weight excluding hydrogens is 342 g/mol. The van der Waals surface area contributed by atoms with Gasteiger partial charge in [0.2, 0.25) is 5.95 Å². The second-order valence-corrected chi connectivity index (χ2v) is 6.50. The highest BCUT2D eigenvalue weighted by Gasteiger charge is 2.30. The van der Waals surface area contributed by atoms with Crippen LogP contribution in [-0.2, 0) is 0 Å². The van der Waals surface area contributed by atoms with Gasteiger partial charge in [0.1, 0.15) is 6.61 Å². The highest BCUT2D eigenvalue weighted by atomic mass is 35.5. The van der Waals surface area contributed by atoms with Crippen LogP contribution in [0.5, 0.6) is 5.75 Å². The van der Waals surface area contributed by atoms with Gasteiger partial charge in [-0.3, -0.25) is 4.79 Å². The number of carbonyl (C=O) groups is 1. The van der Waals surface area contributed by atoms with Crippen molar-refractivity contribution in [2.45, 2.75) is 12.5 Å². The molecule has 1 saturated heterocycles. The van der Waals surface area contributed by atoms with Crippen LogP contribution >= 0.6 is 11.6 Å². The maximum atomic E-state index is 12.9. The summed E-state index contributed by atoms with van der Waals surface area (Å²) in [5, 5.41) is 7.00. The average Bonchev–Trinajstić information content (AvgIpc) is 3.11. The van der Waals surface area contributed by atoms with Gasteiger partial charge in [-0.25, -0.2) is 9.97 Å². The summed E-state index contributed by atoms with van der Waals surface area (Å²) >= 11 is 5.80. The van der Waals surface area contributed by atoms with Gasteiger partial charge in [0.25, 0.3) is 5.91 Å². The van der Waals surface area contributed by atoms with E-state index in [9.17, 15) is 4.79 Å². The van der Waals surface area contributed by atoms with Crippen molar-refractivity contribution in [2.24, 2.45) is 0 Å². The van der Waals surface area contributed by atoms with E-state index < -0.39 is 0 Å². The van der Waals surface area contributed by atoms with E-state index in [-0.39, 0.29) is 11.9 Å². The van der Waals surface area contributed by atoms with Crippen molar-refractivity contribution in [3.05, 3.63) is 41.2 Å². The molecule has 0 radical (unpaired) electrons. The Labute approximate surface area is 150 Å². The van der Waals surface area contributed by atoms with Crippen LogP contribution in [0.2, 0.25) is 5.02 Å². The fraction of sp³-hybridized carbons (Fsp3) is 0.353. The molecular formula is C17H18ClN5O2. The normalized spacial score (nSPS) is 18.9. The molecule has 3 heterocycles. The standard InChI is InChI=1S/C17H18ClN5O2/c18-11-8-20-17(21-9-11)22-12-4-6-23(10-12)16(24)13-2-1-3-14-15(13)25-7-5-19-14/h1-3,8-9,12,19H,4-7,10H2,(H,20,21,22). The predicted molar refractivity (Wildman–Crippen MR) is 95.4 cm³/mol. The zero-order valence-corrected chi connectivity index (χ0v) is 14.3.